The molecule has 0 unspecified atom stereocenters. The number of fused-ring (bicyclic) bond motifs is 1. The fourth-order valence-corrected chi connectivity index (χ4v) is 2.52. The van der Waals surface area contributed by atoms with Gasteiger partial charge in [-0.1, -0.05) is 18.2 Å². The van der Waals surface area contributed by atoms with Gasteiger partial charge >= 0.3 is 0 Å². The van der Waals surface area contributed by atoms with Crippen LogP contribution < -0.4 is 10.6 Å². The summed E-state index contributed by atoms with van der Waals surface area (Å²) >= 11 is 0. The molecule has 0 bridgehead atoms. The van der Waals surface area contributed by atoms with Gasteiger partial charge in [0.05, 0.1) is 12.1 Å². The van der Waals surface area contributed by atoms with Crippen molar-refractivity contribution in [3.8, 4) is 0 Å². The number of nitrogens with zero attached hydrogens (tertiary/aromatic N) is 2. The number of ether oxygens (including phenoxy) is 1. The molecule has 0 radical (unpaired) electrons. The van der Waals surface area contributed by atoms with Gasteiger partial charge in [-0.25, -0.2) is 4.98 Å². The minimum Gasteiger partial charge on any atom is -0.384 e. The summed E-state index contributed by atoms with van der Waals surface area (Å²) in [4.78, 5) is 6.90. The Hall–Kier alpha value is -2.14. The summed E-state index contributed by atoms with van der Waals surface area (Å²) < 4.78 is 5.47. The van der Waals surface area contributed by atoms with E-state index in [-0.39, 0.29) is 5.84 Å². The zero-order valence-corrected chi connectivity index (χ0v) is 11.3. The van der Waals surface area contributed by atoms with E-state index in [0.29, 0.717) is 6.61 Å². The van der Waals surface area contributed by atoms with Crippen molar-refractivity contribution in [1.29, 1.82) is 5.41 Å². The Balaban J connectivity index is 2.09. The van der Waals surface area contributed by atoms with Crippen LogP contribution in [0.4, 0.5) is 5.82 Å². The third-order valence-corrected chi connectivity index (χ3v) is 3.54. The van der Waals surface area contributed by atoms with E-state index in [9.17, 15) is 0 Å². The fourth-order valence-electron chi connectivity index (χ4n) is 2.52. The molecule has 1 aliphatic heterocycles. The van der Waals surface area contributed by atoms with Crippen molar-refractivity contribution in [3.63, 3.8) is 0 Å². The summed E-state index contributed by atoms with van der Waals surface area (Å²) in [5.41, 5.74) is 7.34. The van der Waals surface area contributed by atoms with Gasteiger partial charge in [0, 0.05) is 30.6 Å². The third kappa shape index (κ3) is 2.44. The largest absolute Gasteiger partial charge is 0.384 e. The first kappa shape index (κ1) is 12.9. The van der Waals surface area contributed by atoms with Gasteiger partial charge in [-0.2, -0.15) is 0 Å². The predicted octanol–water partition coefficient (Wildman–Crippen LogP) is 1.75. The third-order valence-electron chi connectivity index (χ3n) is 3.54. The van der Waals surface area contributed by atoms with E-state index < -0.39 is 0 Å². The Kier molecular flexibility index (Phi) is 3.52. The molecular weight excluding hydrogens is 252 g/mol. The normalized spacial score (nSPS) is 16.1. The molecule has 5 nitrogen and oxygen atoms in total. The molecule has 104 valence electrons. The second kappa shape index (κ2) is 5.46. The van der Waals surface area contributed by atoms with Gasteiger partial charge in [0.2, 0.25) is 0 Å². The Labute approximate surface area is 117 Å². The molecular formula is C15H18N4O. The van der Waals surface area contributed by atoms with Crippen molar-refractivity contribution in [3.05, 3.63) is 35.9 Å². The number of anilines is 1. The zero-order chi connectivity index (χ0) is 13.9. The summed E-state index contributed by atoms with van der Waals surface area (Å²) in [6.07, 6.45) is 0.990. The molecule has 1 aromatic heterocycles. The molecule has 1 fully saturated rings. The highest BCUT2D eigenvalue weighted by atomic mass is 16.5. The Morgan fingerprint density at radius 2 is 2.10 bits per heavy atom. The second-order valence-corrected chi connectivity index (χ2v) is 4.91. The van der Waals surface area contributed by atoms with Gasteiger partial charge in [-0.15, -0.1) is 0 Å². The maximum absolute atomic E-state index is 7.78. The van der Waals surface area contributed by atoms with Crippen LogP contribution in [-0.4, -0.2) is 37.1 Å². The average Bonchev–Trinajstić information content (AvgIpc) is 2.75. The molecule has 5 heteroatoms. The van der Waals surface area contributed by atoms with Crippen molar-refractivity contribution < 1.29 is 4.74 Å². The highest BCUT2D eigenvalue weighted by molar-refractivity contribution is 6.07. The Morgan fingerprint density at radius 3 is 2.95 bits per heavy atom. The second-order valence-electron chi connectivity index (χ2n) is 4.91. The lowest BCUT2D eigenvalue weighted by molar-refractivity contribution is 0.152. The summed E-state index contributed by atoms with van der Waals surface area (Å²) in [5, 5.41) is 8.70. The topological polar surface area (TPSA) is 75.2 Å². The maximum Gasteiger partial charge on any atom is 0.130 e. The Morgan fingerprint density at radius 1 is 1.25 bits per heavy atom. The smallest absolute Gasteiger partial charge is 0.130 e. The molecule has 20 heavy (non-hydrogen) atoms. The number of rotatable bonds is 2. The summed E-state index contributed by atoms with van der Waals surface area (Å²) in [5.74, 6) is 0.954. The summed E-state index contributed by atoms with van der Waals surface area (Å²) in [6.45, 7) is 3.25. The molecule has 1 aliphatic rings. The van der Waals surface area contributed by atoms with Gasteiger partial charge in [-0.05, 0) is 18.6 Å². The summed E-state index contributed by atoms with van der Waals surface area (Å²) in [6, 6.07) is 9.72. The average molecular weight is 270 g/mol. The van der Waals surface area contributed by atoms with Crippen molar-refractivity contribution in [2.75, 3.05) is 31.2 Å². The number of hydrogen-bond acceptors (Lipinski definition) is 4. The molecule has 3 N–H and O–H groups in total. The number of para-hydroxylation sites is 1. The number of nitrogens with one attached hydrogen (secondary N) is 1. The van der Waals surface area contributed by atoms with E-state index in [2.05, 4.69) is 4.90 Å². The maximum atomic E-state index is 7.78. The molecule has 0 amide bonds. The minimum absolute atomic E-state index is 0.0796. The number of aromatic nitrogens is 1. The van der Waals surface area contributed by atoms with Gasteiger partial charge in [0.15, 0.2) is 0 Å². The molecule has 2 heterocycles. The van der Waals surface area contributed by atoms with Crippen molar-refractivity contribution in [1.82, 2.24) is 4.98 Å². The number of nitrogen functional groups attached to an aromatic ring is 1. The van der Waals surface area contributed by atoms with Crippen LogP contribution in [0.5, 0.6) is 0 Å². The first-order chi connectivity index (χ1) is 9.75. The molecule has 0 spiro atoms. The van der Waals surface area contributed by atoms with E-state index in [4.69, 9.17) is 20.9 Å². The lowest BCUT2D eigenvalue weighted by Gasteiger charge is -2.22. The van der Waals surface area contributed by atoms with Crippen LogP contribution in [0.25, 0.3) is 10.9 Å². The lowest BCUT2D eigenvalue weighted by atomic mass is 10.1. The highest BCUT2D eigenvalue weighted by Gasteiger charge is 2.14. The standard InChI is InChI=1S/C15H18N4O/c16-15(17)12-10-14(19-6-3-8-20-9-7-19)18-13-5-2-1-4-11(12)13/h1-2,4-5,10H,3,6-9H2,(H3,16,17). The minimum atomic E-state index is 0.0796. The van der Waals surface area contributed by atoms with Gasteiger partial charge in [0.1, 0.15) is 11.7 Å². The SMILES string of the molecule is N=C(N)c1cc(N2CCCOCC2)nc2ccccc12. The highest BCUT2D eigenvalue weighted by Crippen LogP contribution is 2.23. The van der Waals surface area contributed by atoms with Crippen LogP contribution in [0.3, 0.4) is 0 Å². The molecule has 0 saturated carbocycles. The monoisotopic (exact) mass is 270 g/mol. The van der Waals surface area contributed by atoms with Crippen LogP contribution in [0.1, 0.15) is 12.0 Å². The molecule has 1 aromatic carbocycles. The molecule has 1 saturated heterocycles. The van der Waals surface area contributed by atoms with Crippen LogP contribution in [0, 0.1) is 5.41 Å². The van der Waals surface area contributed by atoms with Crippen LogP contribution in [0.2, 0.25) is 0 Å². The zero-order valence-electron chi connectivity index (χ0n) is 11.3. The van der Waals surface area contributed by atoms with Crippen LogP contribution in [-0.2, 0) is 4.74 Å². The first-order valence-electron chi connectivity index (χ1n) is 6.82. The fraction of sp³-hybridized carbons (Fsp3) is 0.333. The van der Waals surface area contributed by atoms with Crippen molar-refractivity contribution >= 4 is 22.6 Å². The molecule has 3 rings (SSSR count). The van der Waals surface area contributed by atoms with Crippen LogP contribution in [0.15, 0.2) is 30.3 Å². The number of nitrogens with two attached hydrogens (primary N) is 1. The number of hydrogen-bond donors (Lipinski definition) is 2. The molecule has 0 atom stereocenters. The van der Waals surface area contributed by atoms with E-state index in [0.717, 1.165) is 48.4 Å². The van der Waals surface area contributed by atoms with E-state index >= 15 is 0 Å². The lowest BCUT2D eigenvalue weighted by Crippen LogP contribution is -2.27. The number of amidine groups is 1. The van der Waals surface area contributed by atoms with E-state index in [1.165, 1.54) is 0 Å². The van der Waals surface area contributed by atoms with E-state index in [1.807, 2.05) is 30.3 Å². The molecule has 2 aromatic rings. The first-order valence-corrected chi connectivity index (χ1v) is 6.82. The van der Waals surface area contributed by atoms with Crippen molar-refractivity contribution in [2.45, 2.75) is 6.42 Å². The number of pyridine rings is 1. The number of benzene rings is 1. The van der Waals surface area contributed by atoms with Gasteiger partial charge in [-0.3, -0.25) is 5.41 Å². The Bertz CT molecular complexity index is 633. The quantitative estimate of drug-likeness (QED) is 0.644. The van der Waals surface area contributed by atoms with Crippen molar-refractivity contribution in [2.24, 2.45) is 5.73 Å². The van der Waals surface area contributed by atoms with Crippen LogP contribution >= 0.6 is 0 Å². The predicted molar refractivity (Wildman–Crippen MR) is 80.4 cm³/mol. The molecule has 0 aliphatic carbocycles. The summed E-state index contributed by atoms with van der Waals surface area (Å²) in [7, 11) is 0. The van der Waals surface area contributed by atoms with E-state index in [1.54, 1.807) is 0 Å². The van der Waals surface area contributed by atoms with Gasteiger partial charge < -0.3 is 15.4 Å². The van der Waals surface area contributed by atoms with Gasteiger partial charge in [0.25, 0.3) is 0 Å².